The van der Waals surface area contributed by atoms with Crippen molar-refractivity contribution in [2.45, 2.75) is 20.8 Å². The molecule has 0 N–H and O–H groups in total. The van der Waals surface area contributed by atoms with Crippen LogP contribution in [-0.2, 0) is 4.74 Å². The molecule has 13 heavy (non-hydrogen) atoms. The van der Waals surface area contributed by atoms with Crippen LogP contribution < -0.4 is 0 Å². The lowest BCUT2D eigenvalue weighted by molar-refractivity contribution is 0.272. The van der Waals surface area contributed by atoms with Crippen LogP contribution >= 0.6 is 0 Å². The Morgan fingerprint density at radius 1 is 1.23 bits per heavy atom. The monoisotopic (exact) mass is 176 g/mol. The highest BCUT2D eigenvalue weighted by atomic mass is 16.5. The molecule has 0 aliphatic rings. The topological polar surface area (TPSA) is 9.23 Å². The summed E-state index contributed by atoms with van der Waals surface area (Å²) >= 11 is 0. The molecule has 0 spiro atoms. The summed E-state index contributed by atoms with van der Waals surface area (Å²) in [4.78, 5) is 0. The second kappa shape index (κ2) is 4.70. The van der Waals surface area contributed by atoms with E-state index in [2.05, 4.69) is 32.0 Å². The summed E-state index contributed by atoms with van der Waals surface area (Å²) in [6.45, 7) is 6.92. The highest BCUT2D eigenvalue weighted by Crippen LogP contribution is 2.14. The van der Waals surface area contributed by atoms with Crippen molar-refractivity contribution in [2.75, 3.05) is 6.61 Å². The molecule has 1 nitrogen and oxygen atoms in total. The second-order valence-corrected chi connectivity index (χ2v) is 3.06. The molecule has 0 radical (unpaired) electrons. The maximum Gasteiger partial charge on any atom is 0.0845 e. The van der Waals surface area contributed by atoms with Gasteiger partial charge in [0.1, 0.15) is 0 Å². The summed E-state index contributed by atoms with van der Waals surface area (Å²) in [5.74, 6) is 0. The highest BCUT2D eigenvalue weighted by Gasteiger charge is 1.96. The molecular weight excluding hydrogens is 160 g/mol. The fourth-order valence-corrected chi connectivity index (χ4v) is 1.30. The van der Waals surface area contributed by atoms with Gasteiger partial charge in [-0.05, 0) is 43.5 Å². The Bertz CT molecular complexity index is 280. The average Bonchev–Trinajstić information content (AvgIpc) is 2.10. The van der Waals surface area contributed by atoms with E-state index in [1.807, 2.05) is 13.0 Å². The summed E-state index contributed by atoms with van der Waals surface area (Å²) in [6, 6.07) is 6.29. The lowest BCUT2D eigenvalue weighted by Crippen LogP contribution is -1.85. The molecule has 0 aliphatic carbocycles. The first-order chi connectivity index (χ1) is 6.25. The van der Waals surface area contributed by atoms with Crippen molar-refractivity contribution >= 4 is 6.08 Å². The molecule has 0 fully saturated rings. The Labute approximate surface area is 80.0 Å². The number of benzene rings is 1. The van der Waals surface area contributed by atoms with Crippen LogP contribution in [0.1, 0.15) is 23.6 Å². The zero-order chi connectivity index (χ0) is 9.68. The van der Waals surface area contributed by atoms with Gasteiger partial charge < -0.3 is 4.74 Å². The Kier molecular flexibility index (Phi) is 3.56. The Morgan fingerprint density at radius 2 is 1.85 bits per heavy atom. The molecule has 1 rings (SSSR count). The average molecular weight is 176 g/mol. The first kappa shape index (κ1) is 9.85. The molecule has 0 aliphatic heterocycles. The van der Waals surface area contributed by atoms with E-state index < -0.39 is 0 Å². The molecular formula is C12H16O. The lowest BCUT2D eigenvalue weighted by atomic mass is 10.0. The third-order valence-electron chi connectivity index (χ3n) is 2.04. The van der Waals surface area contributed by atoms with Crippen molar-refractivity contribution in [1.29, 1.82) is 0 Å². The van der Waals surface area contributed by atoms with Crippen molar-refractivity contribution < 1.29 is 4.74 Å². The molecule has 0 atom stereocenters. The van der Waals surface area contributed by atoms with Gasteiger partial charge >= 0.3 is 0 Å². The number of ether oxygens (including phenoxy) is 1. The van der Waals surface area contributed by atoms with E-state index in [9.17, 15) is 0 Å². The second-order valence-electron chi connectivity index (χ2n) is 3.06. The van der Waals surface area contributed by atoms with Crippen molar-refractivity contribution in [3.63, 3.8) is 0 Å². The van der Waals surface area contributed by atoms with Crippen LogP contribution in [0.15, 0.2) is 24.5 Å². The summed E-state index contributed by atoms with van der Waals surface area (Å²) in [5, 5.41) is 0. The van der Waals surface area contributed by atoms with E-state index in [0.29, 0.717) is 0 Å². The molecule has 0 unspecified atom stereocenters. The van der Waals surface area contributed by atoms with Gasteiger partial charge in [-0.3, -0.25) is 0 Å². The van der Waals surface area contributed by atoms with Gasteiger partial charge in [0, 0.05) is 0 Å². The van der Waals surface area contributed by atoms with Gasteiger partial charge in [-0.25, -0.2) is 0 Å². The zero-order valence-electron chi connectivity index (χ0n) is 8.50. The summed E-state index contributed by atoms with van der Waals surface area (Å²) < 4.78 is 5.17. The summed E-state index contributed by atoms with van der Waals surface area (Å²) in [5.41, 5.74) is 3.84. The smallest absolute Gasteiger partial charge is 0.0845 e. The van der Waals surface area contributed by atoms with Gasteiger partial charge in [0.15, 0.2) is 0 Å². The fraction of sp³-hybridized carbons (Fsp3) is 0.333. The van der Waals surface area contributed by atoms with Crippen LogP contribution in [0.5, 0.6) is 0 Å². The van der Waals surface area contributed by atoms with E-state index >= 15 is 0 Å². The fourth-order valence-electron chi connectivity index (χ4n) is 1.30. The van der Waals surface area contributed by atoms with E-state index in [1.165, 1.54) is 16.7 Å². The number of aryl methyl sites for hydroxylation is 2. The van der Waals surface area contributed by atoms with Crippen molar-refractivity contribution in [2.24, 2.45) is 0 Å². The molecule has 0 saturated carbocycles. The number of rotatable bonds is 3. The van der Waals surface area contributed by atoms with Crippen LogP contribution in [0, 0.1) is 13.8 Å². The quantitative estimate of drug-likeness (QED) is 0.642. The Morgan fingerprint density at radius 3 is 2.38 bits per heavy atom. The minimum atomic E-state index is 0.724. The van der Waals surface area contributed by atoms with Gasteiger partial charge in [-0.2, -0.15) is 0 Å². The minimum Gasteiger partial charge on any atom is -0.501 e. The molecule has 0 heterocycles. The van der Waals surface area contributed by atoms with E-state index in [-0.39, 0.29) is 0 Å². The predicted molar refractivity (Wildman–Crippen MR) is 56.6 cm³/mol. The van der Waals surface area contributed by atoms with Crippen molar-refractivity contribution in [3.05, 3.63) is 41.2 Å². The SMILES string of the molecule is CCO/C=C\c1c(C)cccc1C. The first-order valence-electron chi connectivity index (χ1n) is 4.60. The van der Waals surface area contributed by atoms with Crippen LogP contribution in [0.2, 0.25) is 0 Å². The maximum atomic E-state index is 5.17. The minimum absolute atomic E-state index is 0.724. The first-order valence-corrected chi connectivity index (χ1v) is 4.60. The van der Waals surface area contributed by atoms with E-state index in [1.54, 1.807) is 6.26 Å². The van der Waals surface area contributed by atoms with Crippen LogP contribution in [-0.4, -0.2) is 6.61 Å². The van der Waals surface area contributed by atoms with Gasteiger partial charge in [-0.15, -0.1) is 0 Å². The standard InChI is InChI=1S/C12H16O/c1-4-13-9-8-12-10(2)6-5-7-11(12)3/h5-9H,4H2,1-3H3/b9-8-. The molecule has 0 aromatic heterocycles. The van der Waals surface area contributed by atoms with Gasteiger partial charge in [0.05, 0.1) is 12.9 Å². The molecule has 70 valence electrons. The Hall–Kier alpha value is -1.24. The maximum absolute atomic E-state index is 5.17. The molecule has 1 aromatic rings. The predicted octanol–water partition coefficient (Wildman–Crippen LogP) is 3.31. The lowest BCUT2D eigenvalue weighted by Gasteiger charge is -2.03. The van der Waals surface area contributed by atoms with Crippen molar-refractivity contribution in [1.82, 2.24) is 0 Å². The Balaban J connectivity index is 2.87. The molecule has 0 bridgehead atoms. The molecule has 0 amide bonds. The molecule has 1 heteroatoms. The number of hydrogen-bond acceptors (Lipinski definition) is 1. The molecule has 0 saturated heterocycles. The zero-order valence-corrected chi connectivity index (χ0v) is 8.50. The van der Waals surface area contributed by atoms with Crippen LogP contribution in [0.3, 0.4) is 0 Å². The van der Waals surface area contributed by atoms with Crippen LogP contribution in [0.25, 0.3) is 6.08 Å². The largest absolute Gasteiger partial charge is 0.501 e. The molecule has 1 aromatic carbocycles. The van der Waals surface area contributed by atoms with Gasteiger partial charge in [0.25, 0.3) is 0 Å². The summed E-state index contributed by atoms with van der Waals surface area (Å²) in [7, 11) is 0. The van der Waals surface area contributed by atoms with E-state index in [4.69, 9.17) is 4.74 Å². The number of hydrogen-bond donors (Lipinski definition) is 0. The van der Waals surface area contributed by atoms with E-state index in [0.717, 1.165) is 6.61 Å². The van der Waals surface area contributed by atoms with Crippen LogP contribution in [0.4, 0.5) is 0 Å². The summed E-state index contributed by atoms with van der Waals surface area (Å²) in [6.07, 6.45) is 3.78. The highest BCUT2D eigenvalue weighted by molar-refractivity contribution is 5.56. The third kappa shape index (κ3) is 2.62. The third-order valence-corrected chi connectivity index (χ3v) is 2.04. The van der Waals surface area contributed by atoms with Gasteiger partial charge in [-0.1, -0.05) is 18.2 Å². The normalized spacial score (nSPS) is 10.7. The van der Waals surface area contributed by atoms with Gasteiger partial charge in [0.2, 0.25) is 0 Å². The van der Waals surface area contributed by atoms with Crippen molar-refractivity contribution in [3.8, 4) is 0 Å².